The maximum absolute atomic E-state index is 12.6. The van der Waals surface area contributed by atoms with Gasteiger partial charge in [0.05, 0.1) is 5.69 Å². The monoisotopic (exact) mass is 263 g/mol. The molecule has 2 N–H and O–H groups in total. The lowest BCUT2D eigenvalue weighted by Crippen LogP contribution is -2.38. The van der Waals surface area contributed by atoms with Crippen LogP contribution in [0.1, 0.15) is 50.0 Å². The van der Waals surface area contributed by atoms with Gasteiger partial charge in [-0.3, -0.25) is 4.79 Å². The second kappa shape index (κ2) is 6.13. The summed E-state index contributed by atoms with van der Waals surface area (Å²) in [6.07, 6.45) is 6.72. The SMILES string of the molecule is CCCn1cc(N)cc1C(=O)N(CC)CC1CCC1. The molecule has 0 radical (unpaired) electrons. The molecule has 0 saturated heterocycles. The van der Waals surface area contributed by atoms with E-state index >= 15 is 0 Å². The van der Waals surface area contributed by atoms with Crippen molar-refractivity contribution in [3.8, 4) is 0 Å². The van der Waals surface area contributed by atoms with Crippen molar-refractivity contribution in [2.45, 2.75) is 46.1 Å². The van der Waals surface area contributed by atoms with Crippen LogP contribution in [0.25, 0.3) is 0 Å². The van der Waals surface area contributed by atoms with Gasteiger partial charge in [-0.15, -0.1) is 0 Å². The first-order chi connectivity index (χ1) is 9.15. The van der Waals surface area contributed by atoms with Crippen molar-refractivity contribution in [2.24, 2.45) is 5.92 Å². The molecule has 1 aromatic rings. The van der Waals surface area contributed by atoms with Crippen molar-refractivity contribution in [3.63, 3.8) is 0 Å². The van der Waals surface area contributed by atoms with Crippen LogP contribution >= 0.6 is 0 Å². The number of nitrogen functional groups attached to an aromatic ring is 1. The topological polar surface area (TPSA) is 51.3 Å². The molecular weight excluding hydrogens is 238 g/mol. The number of amides is 1. The molecule has 0 unspecified atom stereocenters. The minimum atomic E-state index is 0.125. The van der Waals surface area contributed by atoms with E-state index < -0.39 is 0 Å². The fraction of sp³-hybridized carbons (Fsp3) is 0.667. The van der Waals surface area contributed by atoms with Gasteiger partial charge in [-0.1, -0.05) is 13.3 Å². The molecule has 0 aliphatic heterocycles. The first kappa shape index (κ1) is 14.0. The molecule has 1 heterocycles. The van der Waals surface area contributed by atoms with Gasteiger partial charge in [0.1, 0.15) is 5.69 Å². The van der Waals surface area contributed by atoms with Crippen molar-refractivity contribution >= 4 is 11.6 Å². The van der Waals surface area contributed by atoms with Crippen LogP contribution in [0.5, 0.6) is 0 Å². The normalized spacial score (nSPS) is 15.3. The molecule has 0 atom stereocenters. The van der Waals surface area contributed by atoms with Crippen LogP contribution in [-0.2, 0) is 6.54 Å². The zero-order valence-corrected chi connectivity index (χ0v) is 12.1. The molecule has 1 aliphatic carbocycles. The fourth-order valence-corrected chi connectivity index (χ4v) is 2.64. The summed E-state index contributed by atoms with van der Waals surface area (Å²) in [5, 5.41) is 0. The molecule has 1 saturated carbocycles. The number of hydrogen-bond donors (Lipinski definition) is 1. The smallest absolute Gasteiger partial charge is 0.270 e. The Morgan fingerprint density at radius 3 is 2.74 bits per heavy atom. The number of carbonyl (C=O) groups excluding carboxylic acids is 1. The zero-order valence-electron chi connectivity index (χ0n) is 12.1. The van der Waals surface area contributed by atoms with Crippen LogP contribution < -0.4 is 5.73 Å². The highest BCUT2D eigenvalue weighted by molar-refractivity contribution is 5.93. The van der Waals surface area contributed by atoms with E-state index in [4.69, 9.17) is 5.73 Å². The second-order valence-electron chi connectivity index (χ2n) is 5.49. The minimum absolute atomic E-state index is 0.125. The average molecular weight is 263 g/mol. The van der Waals surface area contributed by atoms with Gasteiger partial charge in [-0.05, 0) is 38.2 Å². The third-order valence-electron chi connectivity index (χ3n) is 3.97. The van der Waals surface area contributed by atoms with Crippen molar-refractivity contribution in [3.05, 3.63) is 18.0 Å². The lowest BCUT2D eigenvalue weighted by Gasteiger charge is -2.32. The minimum Gasteiger partial charge on any atom is -0.397 e. The Kier molecular flexibility index (Phi) is 4.51. The molecule has 0 spiro atoms. The van der Waals surface area contributed by atoms with Crippen molar-refractivity contribution in [2.75, 3.05) is 18.8 Å². The van der Waals surface area contributed by atoms with E-state index in [0.29, 0.717) is 11.6 Å². The van der Waals surface area contributed by atoms with E-state index in [-0.39, 0.29) is 5.91 Å². The molecular formula is C15H25N3O. The lowest BCUT2D eigenvalue weighted by molar-refractivity contribution is 0.0695. The number of aryl methyl sites for hydroxylation is 1. The number of nitrogens with two attached hydrogens (primary N) is 1. The molecule has 19 heavy (non-hydrogen) atoms. The number of carbonyl (C=O) groups is 1. The molecule has 1 aliphatic rings. The Labute approximate surface area is 115 Å². The van der Waals surface area contributed by atoms with Gasteiger partial charge in [0.25, 0.3) is 5.91 Å². The second-order valence-corrected chi connectivity index (χ2v) is 5.49. The van der Waals surface area contributed by atoms with Gasteiger partial charge in [-0.2, -0.15) is 0 Å². The van der Waals surface area contributed by atoms with Crippen molar-refractivity contribution in [1.82, 2.24) is 9.47 Å². The molecule has 0 aromatic carbocycles. The van der Waals surface area contributed by atoms with Crippen LogP contribution in [0.2, 0.25) is 0 Å². The van der Waals surface area contributed by atoms with Gasteiger partial charge in [0.2, 0.25) is 0 Å². The summed E-state index contributed by atoms with van der Waals surface area (Å²) in [6.45, 7) is 6.67. The molecule has 1 fully saturated rings. The standard InChI is InChI=1S/C15H25N3O/c1-3-8-18-11-13(16)9-14(18)15(19)17(4-2)10-12-6-5-7-12/h9,11-12H,3-8,10,16H2,1-2H3. The molecule has 4 heteroatoms. The van der Waals surface area contributed by atoms with Gasteiger partial charge in [0, 0.05) is 25.8 Å². The summed E-state index contributed by atoms with van der Waals surface area (Å²) < 4.78 is 1.99. The first-order valence-corrected chi connectivity index (χ1v) is 7.40. The quantitative estimate of drug-likeness (QED) is 0.858. The number of nitrogens with zero attached hydrogens (tertiary/aromatic N) is 2. The Morgan fingerprint density at radius 1 is 1.47 bits per heavy atom. The largest absolute Gasteiger partial charge is 0.397 e. The Bertz CT molecular complexity index is 435. The van der Waals surface area contributed by atoms with E-state index in [9.17, 15) is 4.79 Å². The van der Waals surface area contributed by atoms with E-state index in [0.717, 1.165) is 31.7 Å². The Hall–Kier alpha value is -1.45. The predicted molar refractivity (Wildman–Crippen MR) is 78.1 cm³/mol. The molecule has 2 rings (SSSR count). The summed E-state index contributed by atoms with van der Waals surface area (Å²) in [4.78, 5) is 14.6. The van der Waals surface area contributed by atoms with E-state index in [2.05, 4.69) is 6.92 Å². The number of anilines is 1. The van der Waals surface area contributed by atoms with Crippen LogP contribution in [0.15, 0.2) is 12.3 Å². The van der Waals surface area contributed by atoms with Gasteiger partial charge >= 0.3 is 0 Å². The fourth-order valence-electron chi connectivity index (χ4n) is 2.64. The summed E-state index contributed by atoms with van der Waals surface area (Å²) in [7, 11) is 0. The predicted octanol–water partition coefficient (Wildman–Crippen LogP) is 2.74. The third kappa shape index (κ3) is 3.11. The van der Waals surface area contributed by atoms with Crippen LogP contribution in [0.3, 0.4) is 0 Å². The van der Waals surface area contributed by atoms with Gasteiger partial charge in [-0.25, -0.2) is 0 Å². The molecule has 1 amide bonds. The number of hydrogen-bond acceptors (Lipinski definition) is 2. The lowest BCUT2D eigenvalue weighted by atomic mass is 9.85. The number of rotatable bonds is 6. The summed E-state index contributed by atoms with van der Waals surface area (Å²) in [5.74, 6) is 0.829. The van der Waals surface area contributed by atoms with E-state index in [1.807, 2.05) is 22.6 Å². The Morgan fingerprint density at radius 2 is 2.21 bits per heavy atom. The highest BCUT2D eigenvalue weighted by Gasteiger charge is 2.25. The van der Waals surface area contributed by atoms with Crippen LogP contribution in [-0.4, -0.2) is 28.5 Å². The van der Waals surface area contributed by atoms with Crippen molar-refractivity contribution < 1.29 is 4.79 Å². The van der Waals surface area contributed by atoms with Gasteiger partial charge in [0.15, 0.2) is 0 Å². The molecule has 106 valence electrons. The van der Waals surface area contributed by atoms with Crippen LogP contribution in [0, 0.1) is 5.92 Å². The highest BCUT2D eigenvalue weighted by Crippen LogP contribution is 2.27. The van der Waals surface area contributed by atoms with E-state index in [1.165, 1.54) is 19.3 Å². The third-order valence-corrected chi connectivity index (χ3v) is 3.97. The molecule has 0 bridgehead atoms. The molecule has 4 nitrogen and oxygen atoms in total. The maximum Gasteiger partial charge on any atom is 0.270 e. The molecule has 1 aromatic heterocycles. The van der Waals surface area contributed by atoms with Crippen molar-refractivity contribution in [1.29, 1.82) is 0 Å². The summed E-state index contributed by atoms with van der Waals surface area (Å²) >= 11 is 0. The zero-order chi connectivity index (χ0) is 13.8. The highest BCUT2D eigenvalue weighted by atomic mass is 16.2. The maximum atomic E-state index is 12.6. The summed E-state index contributed by atoms with van der Waals surface area (Å²) in [5.41, 5.74) is 7.25. The average Bonchev–Trinajstić information content (AvgIpc) is 2.69. The summed E-state index contributed by atoms with van der Waals surface area (Å²) in [6, 6.07) is 1.81. The van der Waals surface area contributed by atoms with Crippen LogP contribution in [0.4, 0.5) is 5.69 Å². The number of aromatic nitrogens is 1. The first-order valence-electron chi connectivity index (χ1n) is 7.40. The van der Waals surface area contributed by atoms with E-state index in [1.54, 1.807) is 6.07 Å². The van der Waals surface area contributed by atoms with Gasteiger partial charge < -0.3 is 15.2 Å². The Balaban J connectivity index is 2.11.